The van der Waals surface area contributed by atoms with Crippen LogP contribution in [0, 0.1) is 0 Å². The average Bonchev–Trinajstić information content (AvgIpc) is 2.82. The number of nitrogens with one attached hydrogen (secondary N) is 1. The fourth-order valence-corrected chi connectivity index (χ4v) is 13.8. The molecule has 1 unspecified atom stereocenters. The molecule has 0 spiro atoms. The minimum absolute atomic E-state index is 1.01. The van der Waals surface area contributed by atoms with E-state index in [0.717, 1.165) is 21.2 Å². The highest BCUT2D eigenvalue weighted by molar-refractivity contribution is 8.52. The molecule has 0 fully saturated rings. The summed E-state index contributed by atoms with van der Waals surface area (Å²) in [6.07, 6.45) is -2.48. The molecule has 0 bridgehead atoms. The smallest absolute Gasteiger partial charge is 0.127 e. The van der Waals surface area contributed by atoms with Crippen LogP contribution in [0.15, 0.2) is 121 Å². The van der Waals surface area contributed by atoms with Crippen LogP contribution in [0.3, 0.4) is 0 Å². The van der Waals surface area contributed by atoms with E-state index in [4.69, 9.17) is 11.8 Å². The molecule has 0 heterocycles. The Morgan fingerprint density at radius 3 is 1.30 bits per heavy atom. The summed E-state index contributed by atoms with van der Waals surface area (Å²) in [5.74, 6) is 0. The first-order valence-electron chi connectivity index (χ1n) is 9.50. The molecular weight excluding hydrogens is 444 g/mol. The van der Waals surface area contributed by atoms with Crippen molar-refractivity contribution in [3.63, 3.8) is 0 Å². The molecule has 1 N–H and O–H groups in total. The molecule has 150 valence electrons. The van der Waals surface area contributed by atoms with Crippen molar-refractivity contribution in [2.45, 2.75) is 0 Å². The van der Waals surface area contributed by atoms with Gasteiger partial charge in [0, 0.05) is 10.6 Å². The number of hydrogen-bond acceptors (Lipinski definition) is 2. The first-order valence-corrected chi connectivity index (χ1v) is 15.4. The molecule has 2 nitrogen and oxygen atoms in total. The van der Waals surface area contributed by atoms with E-state index in [2.05, 4.69) is 4.49 Å². The van der Waals surface area contributed by atoms with Crippen molar-refractivity contribution in [2.24, 2.45) is 0 Å². The largest absolute Gasteiger partial charge is 0.237 e. The van der Waals surface area contributed by atoms with Crippen LogP contribution in [0.5, 0.6) is 0 Å². The average molecular weight is 466 g/mol. The number of hydrogen-bond donors (Lipinski definition) is 1. The third kappa shape index (κ3) is 4.70. The Hall–Kier alpha value is -1.93. The van der Waals surface area contributed by atoms with Gasteiger partial charge < -0.3 is 0 Å². The molecule has 1 atom stereocenters. The highest BCUT2D eigenvalue weighted by atomic mass is 32.7. The SMILES string of the molecule is O=S(NP(=S)(c1ccccc1)c1ccccc1)P(c1ccccc1)c1ccccc1. The van der Waals surface area contributed by atoms with E-state index in [9.17, 15) is 4.21 Å². The lowest BCUT2D eigenvalue weighted by Gasteiger charge is -2.27. The summed E-state index contributed by atoms with van der Waals surface area (Å²) in [6, 6.07) is 40.2. The van der Waals surface area contributed by atoms with Gasteiger partial charge in [0.05, 0.1) is 13.3 Å². The standard InChI is InChI=1S/C24H21NOP2S2/c26-30(27(21-13-5-1-6-14-21)22-15-7-2-8-16-22)25-28(29,23-17-9-3-10-18-23)24-19-11-4-12-20-24/h1-20H,(H,25,29). The van der Waals surface area contributed by atoms with Gasteiger partial charge in [-0.1, -0.05) is 133 Å². The Labute approximate surface area is 186 Å². The van der Waals surface area contributed by atoms with Gasteiger partial charge in [-0.05, 0) is 10.6 Å². The van der Waals surface area contributed by atoms with Crippen LogP contribution >= 0.6 is 13.3 Å². The Balaban J connectivity index is 1.78. The second-order valence-corrected chi connectivity index (χ2v) is 15.4. The van der Waals surface area contributed by atoms with Gasteiger partial charge in [-0.3, -0.25) is 0 Å². The molecule has 0 aliphatic heterocycles. The highest BCUT2D eigenvalue weighted by Crippen LogP contribution is 2.46. The molecule has 0 radical (unpaired) electrons. The van der Waals surface area contributed by atoms with Gasteiger partial charge in [0.25, 0.3) is 0 Å². The lowest BCUT2D eigenvalue weighted by Crippen LogP contribution is -2.30. The van der Waals surface area contributed by atoms with Gasteiger partial charge in [0.15, 0.2) is 0 Å². The third-order valence-electron chi connectivity index (χ3n) is 4.59. The maximum absolute atomic E-state index is 13.9. The van der Waals surface area contributed by atoms with E-state index in [-0.39, 0.29) is 0 Å². The quantitative estimate of drug-likeness (QED) is 0.412. The van der Waals surface area contributed by atoms with Crippen LogP contribution in [0.25, 0.3) is 0 Å². The van der Waals surface area contributed by atoms with Gasteiger partial charge in [0.1, 0.15) is 10.6 Å². The van der Waals surface area contributed by atoms with Gasteiger partial charge in [-0.2, -0.15) is 4.49 Å². The Morgan fingerprint density at radius 1 is 0.600 bits per heavy atom. The normalized spacial score (nSPS) is 12.6. The van der Waals surface area contributed by atoms with Crippen molar-refractivity contribution in [2.75, 3.05) is 0 Å². The number of rotatable bonds is 7. The fourth-order valence-electron chi connectivity index (χ4n) is 3.15. The minimum atomic E-state index is -2.48. The zero-order valence-corrected chi connectivity index (χ0v) is 19.6. The van der Waals surface area contributed by atoms with Crippen molar-refractivity contribution in [1.29, 1.82) is 0 Å². The first-order chi connectivity index (χ1) is 14.7. The molecular formula is C24H21NOP2S2. The fraction of sp³-hybridized carbons (Fsp3) is 0. The zero-order chi connectivity index (χ0) is 20.8. The van der Waals surface area contributed by atoms with E-state index < -0.39 is 23.9 Å². The summed E-state index contributed by atoms with van der Waals surface area (Å²) in [5, 5.41) is 4.14. The van der Waals surface area contributed by atoms with E-state index in [1.807, 2.05) is 121 Å². The zero-order valence-electron chi connectivity index (χ0n) is 16.2. The Morgan fingerprint density at radius 2 is 0.933 bits per heavy atom. The molecule has 4 aromatic carbocycles. The molecule has 0 saturated carbocycles. The summed E-state index contributed by atoms with van der Waals surface area (Å²) in [4.78, 5) is 0. The second-order valence-electron chi connectivity index (χ2n) is 6.59. The lowest BCUT2D eigenvalue weighted by atomic mass is 10.4. The van der Waals surface area contributed by atoms with Crippen molar-refractivity contribution >= 4 is 56.9 Å². The molecule has 4 rings (SSSR count). The van der Waals surface area contributed by atoms with E-state index in [0.29, 0.717) is 0 Å². The van der Waals surface area contributed by atoms with Crippen LogP contribution < -0.4 is 25.7 Å². The van der Waals surface area contributed by atoms with Crippen molar-refractivity contribution in [1.82, 2.24) is 4.49 Å². The maximum atomic E-state index is 13.9. The summed E-state index contributed by atoms with van der Waals surface area (Å²) in [6.45, 7) is 0. The van der Waals surface area contributed by atoms with Gasteiger partial charge >= 0.3 is 0 Å². The van der Waals surface area contributed by atoms with Crippen molar-refractivity contribution < 1.29 is 4.21 Å². The van der Waals surface area contributed by atoms with Gasteiger partial charge in [-0.15, -0.1) is 0 Å². The summed E-state index contributed by atoms with van der Waals surface area (Å²) >= 11 is 6.25. The molecule has 4 aromatic rings. The molecule has 0 aliphatic carbocycles. The first kappa shape index (κ1) is 21.3. The minimum Gasteiger partial charge on any atom is -0.237 e. The second kappa shape index (κ2) is 9.92. The van der Waals surface area contributed by atoms with Crippen LogP contribution in [0.2, 0.25) is 0 Å². The molecule has 0 amide bonds. The molecule has 0 aliphatic rings. The number of benzene rings is 4. The van der Waals surface area contributed by atoms with Gasteiger partial charge in [0.2, 0.25) is 0 Å². The van der Waals surface area contributed by atoms with Crippen molar-refractivity contribution in [3.8, 4) is 0 Å². The Kier molecular flexibility index (Phi) is 7.04. The monoisotopic (exact) mass is 465 g/mol. The molecule has 0 aromatic heterocycles. The highest BCUT2D eigenvalue weighted by Gasteiger charge is 2.29. The molecule has 30 heavy (non-hydrogen) atoms. The summed E-state index contributed by atoms with van der Waals surface area (Å²) in [5.41, 5.74) is 0. The summed E-state index contributed by atoms with van der Waals surface area (Å²) in [7, 11) is -2.51. The van der Waals surface area contributed by atoms with E-state index in [1.54, 1.807) is 0 Å². The predicted octanol–water partition coefficient (Wildman–Crippen LogP) is 4.33. The predicted molar refractivity (Wildman–Crippen MR) is 137 cm³/mol. The van der Waals surface area contributed by atoms with Crippen LogP contribution in [0.4, 0.5) is 0 Å². The van der Waals surface area contributed by atoms with Crippen LogP contribution in [0.1, 0.15) is 0 Å². The maximum Gasteiger partial charge on any atom is 0.127 e. The van der Waals surface area contributed by atoms with Gasteiger partial charge in [-0.25, -0.2) is 4.21 Å². The summed E-state index contributed by atoms with van der Waals surface area (Å²) < 4.78 is 17.3. The lowest BCUT2D eigenvalue weighted by molar-refractivity contribution is 0.690. The van der Waals surface area contributed by atoms with E-state index in [1.165, 1.54) is 0 Å². The topological polar surface area (TPSA) is 29.1 Å². The van der Waals surface area contributed by atoms with Crippen LogP contribution in [-0.4, -0.2) is 4.21 Å². The van der Waals surface area contributed by atoms with Crippen molar-refractivity contribution in [3.05, 3.63) is 121 Å². The Bertz CT molecular complexity index is 1070. The molecule has 6 heteroatoms. The molecule has 0 saturated heterocycles. The van der Waals surface area contributed by atoms with Crippen LogP contribution in [-0.2, 0) is 22.4 Å². The van der Waals surface area contributed by atoms with E-state index >= 15 is 0 Å². The third-order valence-corrected chi connectivity index (χ3v) is 15.1.